The third-order valence-electron chi connectivity index (χ3n) is 3.61. The van der Waals surface area contributed by atoms with Gasteiger partial charge in [0, 0.05) is 23.0 Å². The molecule has 0 saturated carbocycles. The van der Waals surface area contributed by atoms with Crippen LogP contribution in [0.3, 0.4) is 0 Å². The van der Waals surface area contributed by atoms with Crippen LogP contribution in [0.1, 0.15) is 11.1 Å². The number of aryl methyl sites for hydroxylation is 1. The minimum Gasteiger partial charge on any atom is -0.482 e. The summed E-state index contributed by atoms with van der Waals surface area (Å²) in [6.07, 6.45) is 3.68. The number of carboxylic acid groups (broad SMARTS) is 1. The molecule has 3 aromatic rings. The molecule has 0 radical (unpaired) electrons. The summed E-state index contributed by atoms with van der Waals surface area (Å²) in [7, 11) is 0. The van der Waals surface area contributed by atoms with Crippen molar-refractivity contribution in [1.29, 1.82) is 0 Å². The smallest absolute Gasteiger partial charge is 0.341 e. The second kappa shape index (κ2) is 7.90. The van der Waals surface area contributed by atoms with Gasteiger partial charge in [-0.05, 0) is 54.4 Å². The van der Waals surface area contributed by atoms with Crippen LogP contribution in [0, 0.1) is 6.92 Å². The number of aliphatic carboxylic acids is 1. The molecule has 0 spiro atoms. The number of rotatable bonds is 7. The maximum Gasteiger partial charge on any atom is 0.341 e. The number of thioether (sulfide) groups is 1. The highest BCUT2D eigenvalue weighted by Gasteiger charge is 2.05. The second-order valence-corrected chi connectivity index (χ2v) is 6.56. The summed E-state index contributed by atoms with van der Waals surface area (Å²) in [5.41, 5.74) is 3.19. The molecule has 0 saturated heterocycles. The molecule has 0 unspecified atom stereocenters. The van der Waals surface area contributed by atoms with E-state index in [9.17, 15) is 4.79 Å². The summed E-state index contributed by atoms with van der Waals surface area (Å²) in [6, 6.07) is 16.0. The monoisotopic (exact) mass is 354 g/mol. The molecule has 0 aliphatic rings. The van der Waals surface area contributed by atoms with Crippen molar-refractivity contribution in [3.8, 4) is 11.4 Å². The van der Waals surface area contributed by atoms with Gasteiger partial charge in [0.15, 0.2) is 6.61 Å². The number of carbonyl (C=O) groups is 1. The predicted octanol–water partition coefficient (Wildman–Crippen LogP) is 3.94. The average Bonchev–Trinajstić information content (AvgIpc) is 3.14. The van der Waals surface area contributed by atoms with Gasteiger partial charge in [-0.3, -0.25) is 0 Å². The van der Waals surface area contributed by atoms with Crippen LogP contribution in [-0.2, 0) is 10.5 Å². The van der Waals surface area contributed by atoms with Crippen LogP contribution in [0.5, 0.6) is 5.75 Å². The van der Waals surface area contributed by atoms with Crippen LogP contribution >= 0.6 is 11.8 Å². The Hall–Kier alpha value is -2.73. The highest BCUT2D eigenvalue weighted by molar-refractivity contribution is 7.98. The molecule has 0 atom stereocenters. The molecule has 0 aliphatic carbocycles. The van der Waals surface area contributed by atoms with Gasteiger partial charge in [0.05, 0.1) is 5.69 Å². The third-order valence-corrected chi connectivity index (χ3v) is 4.67. The van der Waals surface area contributed by atoms with Crippen LogP contribution in [0.2, 0.25) is 0 Å². The number of nitrogens with zero attached hydrogens (tertiary/aromatic N) is 2. The lowest BCUT2D eigenvalue weighted by Gasteiger charge is -2.09. The summed E-state index contributed by atoms with van der Waals surface area (Å²) < 4.78 is 7.08. The van der Waals surface area contributed by atoms with Gasteiger partial charge in [-0.2, -0.15) is 5.10 Å². The fourth-order valence-electron chi connectivity index (χ4n) is 2.35. The zero-order valence-corrected chi connectivity index (χ0v) is 14.6. The van der Waals surface area contributed by atoms with E-state index >= 15 is 0 Å². The van der Waals surface area contributed by atoms with E-state index in [1.54, 1.807) is 18.0 Å². The van der Waals surface area contributed by atoms with Crippen LogP contribution in [0.15, 0.2) is 65.8 Å². The molecule has 0 amide bonds. The maximum absolute atomic E-state index is 10.6. The third kappa shape index (κ3) is 4.64. The van der Waals surface area contributed by atoms with E-state index < -0.39 is 5.97 Å². The first-order valence-corrected chi connectivity index (χ1v) is 8.77. The highest BCUT2D eigenvalue weighted by Crippen LogP contribution is 2.28. The number of hydrogen-bond donors (Lipinski definition) is 1. The second-order valence-electron chi connectivity index (χ2n) is 5.52. The molecule has 0 bridgehead atoms. The highest BCUT2D eigenvalue weighted by atomic mass is 32.2. The standard InChI is InChI=1S/C19H18N2O3S/c1-14-11-17(7-8-18(14)24-12-19(22)23)25-13-15-3-5-16(6-4-15)21-10-2-9-20-21/h2-11H,12-13H2,1H3,(H,22,23). The normalized spacial score (nSPS) is 10.6. The Labute approximate surface area is 150 Å². The summed E-state index contributed by atoms with van der Waals surface area (Å²) in [5, 5.41) is 12.9. The summed E-state index contributed by atoms with van der Waals surface area (Å²) in [5.74, 6) is 0.487. The summed E-state index contributed by atoms with van der Waals surface area (Å²) in [4.78, 5) is 11.7. The quantitative estimate of drug-likeness (QED) is 0.651. The lowest BCUT2D eigenvalue weighted by Crippen LogP contribution is -2.09. The molecular formula is C19H18N2O3S. The minimum absolute atomic E-state index is 0.323. The van der Waals surface area contributed by atoms with Crippen molar-refractivity contribution in [2.75, 3.05) is 6.61 Å². The van der Waals surface area contributed by atoms with Crippen LogP contribution in [-0.4, -0.2) is 27.5 Å². The predicted molar refractivity (Wildman–Crippen MR) is 97.4 cm³/mol. The number of aromatic nitrogens is 2. The molecule has 3 rings (SSSR count). The Morgan fingerprint density at radius 2 is 2.04 bits per heavy atom. The van der Waals surface area contributed by atoms with E-state index in [4.69, 9.17) is 9.84 Å². The zero-order chi connectivity index (χ0) is 17.6. The van der Waals surface area contributed by atoms with Crippen molar-refractivity contribution in [3.63, 3.8) is 0 Å². The van der Waals surface area contributed by atoms with E-state index in [1.807, 2.05) is 42.1 Å². The van der Waals surface area contributed by atoms with E-state index in [1.165, 1.54) is 5.56 Å². The topological polar surface area (TPSA) is 64.4 Å². The molecule has 0 fully saturated rings. The summed E-state index contributed by atoms with van der Waals surface area (Å²) in [6.45, 7) is 1.59. The van der Waals surface area contributed by atoms with Crippen LogP contribution in [0.25, 0.3) is 5.69 Å². The van der Waals surface area contributed by atoms with E-state index in [0.717, 1.165) is 21.9 Å². The van der Waals surface area contributed by atoms with E-state index in [2.05, 4.69) is 29.4 Å². The Morgan fingerprint density at radius 1 is 1.24 bits per heavy atom. The van der Waals surface area contributed by atoms with Gasteiger partial charge in [0.1, 0.15) is 5.75 Å². The molecule has 5 nitrogen and oxygen atoms in total. The van der Waals surface area contributed by atoms with Gasteiger partial charge in [0.2, 0.25) is 0 Å². The van der Waals surface area contributed by atoms with Crippen molar-refractivity contribution in [3.05, 3.63) is 72.1 Å². The van der Waals surface area contributed by atoms with Crippen molar-refractivity contribution in [2.45, 2.75) is 17.6 Å². The first-order valence-electron chi connectivity index (χ1n) is 7.79. The van der Waals surface area contributed by atoms with Crippen molar-refractivity contribution >= 4 is 17.7 Å². The maximum atomic E-state index is 10.6. The number of hydrogen-bond acceptors (Lipinski definition) is 4. The molecule has 2 aromatic carbocycles. The SMILES string of the molecule is Cc1cc(SCc2ccc(-n3cccn3)cc2)ccc1OCC(=O)O. The van der Waals surface area contributed by atoms with Gasteiger partial charge in [-0.1, -0.05) is 12.1 Å². The molecule has 1 N–H and O–H groups in total. The van der Waals surface area contributed by atoms with Crippen molar-refractivity contribution in [2.24, 2.45) is 0 Å². The largest absolute Gasteiger partial charge is 0.482 e. The summed E-state index contributed by atoms with van der Waals surface area (Å²) >= 11 is 1.73. The fraction of sp³-hybridized carbons (Fsp3) is 0.158. The number of benzene rings is 2. The average molecular weight is 354 g/mol. The van der Waals surface area contributed by atoms with Gasteiger partial charge < -0.3 is 9.84 Å². The minimum atomic E-state index is -0.976. The Bertz CT molecular complexity index is 846. The zero-order valence-electron chi connectivity index (χ0n) is 13.8. The number of ether oxygens (including phenoxy) is 1. The Morgan fingerprint density at radius 3 is 2.68 bits per heavy atom. The van der Waals surface area contributed by atoms with Gasteiger partial charge in [0.25, 0.3) is 0 Å². The molecule has 1 aromatic heterocycles. The lowest BCUT2D eigenvalue weighted by molar-refractivity contribution is -0.139. The number of carboxylic acids is 1. The molecular weight excluding hydrogens is 336 g/mol. The van der Waals surface area contributed by atoms with Crippen LogP contribution in [0.4, 0.5) is 0 Å². The molecule has 6 heteroatoms. The van der Waals surface area contributed by atoms with Gasteiger partial charge >= 0.3 is 5.97 Å². The molecule has 0 aliphatic heterocycles. The van der Waals surface area contributed by atoms with E-state index in [-0.39, 0.29) is 6.61 Å². The Kier molecular flexibility index (Phi) is 5.40. The van der Waals surface area contributed by atoms with Gasteiger partial charge in [-0.25, -0.2) is 9.48 Å². The first-order chi connectivity index (χ1) is 12.1. The fourth-order valence-corrected chi connectivity index (χ4v) is 3.30. The van der Waals surface area contributed by atoms with Crippen molar-refractivity contribution in [1.82, 2.24) is 9.78 Å². The molecule has 25 heavy (non-hydrogen) atoms. The molecule has 1 heterocycles. The van der Waals surface area contributed by atoms with E-state index in [0.29, 0.717) is 5.75 Å². The first kappa shape index (κ1) is 17.1. The van der Waals surface area contributed by atoms with Crippen molar-refractivity contribution < 1.29 is 14.6 Å². The Balaban J connectivity index is 1.59. The molecule has 128 valence electrons. The van der Waals surface area contributed by atoms with Crippen LogP contribution < -0.4 is 4.74 Å². The van der Waals surface area contributed by atoms with Gasteiger partial charge in [-0.15, -0.1) is 11.8 Å². The lowest BCUT2D eigenvalue weighted by atomic mass is 10.2.